The van der Waals surface area contributed by atoms with E-state index in [2.05, 4.69) is 17.2 Å². The maximum absolute atomic E-state index is 12.5. The molecule has 0 bridgehead atoms. The third kappa shape index (κ3) is 4.19. The second kappa shape index (κ2) is 8.54. The lowest BCUT2D eigenvalue weighted by atomic mass is 10.1. The highest BCUT2D eigenvalue weighted by molar-refractivity contribution is 6.06. The molecule has 0 amide bonds. The summed E-state index contributed by atoms with van der Waals surface area (Å²) in [6.07, 6.45) is 2.48. The first kappa shape index (κ1) is 18.7. The summed E-state index contributed by atoms with van der Waals surface area (Å²) < 4.78 is 11.1. The first-order valence-corrected chi connectivity index (χ1v) is 9.19. The van der Waals surface area contributed by atoms with Gasteiger partial charge in [0.05, 0.1) is 30.1 Å². The average molecular weight is 364 g/mol. The first-order valence-electron chi connectivity index (χ1n) is 9.19. The van der Waals surface area contributed by atoms with Crippen molar-refractivity contribution in [1.82, 2.24) is 4.98 Å². The molecule has 1 N–H and O–H groups in total. The number of ether oxygens (including phenoxy) is 2. The van der Waals surface area contributed by atoms with Crippen molar-refractivity contribution >= 4 is 28.2 Å². The normalized spacial score (nSPS) is 10.6. The molecule has 0 spiro atoms. The predicted molar refractivity (Wildman–Crippen MR) is 108 cm³/mol. The Bertz CT molecular complexity index is 953. The fraction of sp³-hybridized carbons (Fsp3) is 0.273. The number of hydrogen-bond acceptors (Lipinski definition) is 5. The standard InChI is InChI=1S/C22H24N2O3/c1-4-12-27-20-9-7-6-8-19(20)24-21-16-13-15(3)10-11-18(16)23-14-17(21)22(25)26-5-2/h6-11,13-14H,4-5,12H2,1-3H3,(H,23,24). The molecule has 1 heterocycles. The second-order valence-corrected chi connectivity index (χ2v) is 6.26. The van der Waals surface area contributed by atoms with Gasteiger partial charge in [-0.3, -0.25) is 4.98 Å². The van der Waals surface area contributed by atoms with Crippen molar-refractivity contribution in [1.29, 1.82) is 0 Å². The monoisotopic (exact) mass is 364 g/mol. The maximum Gasteiger partial charge on any atom is 0.341 e. The molecule has 27 heavy (non-hydrogen) atoms. The molecule has 5 nitrogen and oxygen atoms in total. The average Bonchev–Trinajstić information content (AvgIpc) is 2.67. The number of nitrogens with zero attached hydrogens (tertiary/aromatic N) is 1. The highest BCUT2D eigenvalue weighted by Crippen LogP contribution is 2.34. The van der Waals surface area contributed by atoms with Gasteiger partial charge in [-0.15, -0.1) is 0 Å². The Morgan fingerprint density at radius 1 is 1.15 bits per heavy atom. The van der Waals surface area contributed by atoms with E-state index in [4.69, 9.17) is 9.47 Å². The van der Waals surface area contributed by atoms with Crippen LogP contribution < -0.4 is 10.1 Å². The Morgan fingerprint density at radius 3 is 2.74 bits per heavy atom. The van der Waals surface area contributed by atoms with Gasteiger partial charge in [-0.05, 0) is 44.5 Å². The molecule has 2 aromatic carbocycles. The number of carbonyl (C=O) groups is 1. The molecule has 0 saturated heterocycles. The molecular formula is C22H24N2O3. The Balaban J connectivity index is 2.12. The lowest BCUT2D eigenvalue weighted by Crippen LogP contribution is -2.10. The first-order chi connectivity index (χ1) is 13.1. The zero-order chi connectivity index (χ0) is 19.2. The van der Waals surface area contributed by atoms with Crippen LogP contribution in [0.5, 0.6) is 5.75 Å². The fourth-order valence-corrected chi connectivity index (χ4v) is 2.85. The molecular weight excluding hydrogens is 340 g/mol. The SMILES string of the molecule is CCCOc1ccccc1Nc1c(C(=O)OCC)cnc2ccc(C)cc12. The van der Waals surface area contributed by atoms with E-state index in [0.29, 0.717) is 24.5 Å². The van der Waals surface area contributed by atoms with Gasteiger partial charge in [0, 0.05) is 11.6 Å². The van der Waals surface area contributed by atoms with E-state index >= 15 is 0 Å². The lowest BCUT2D eigenvalue weighted by Gasteiger charge is -2.17. The van der Waals surface area contributed by atoms with Crippen molar-refractivity contribution < 1.29 is 14.3 Å². The molecule has 5 heteroatoms. The zero-order valence-corrected chi connectivity index (χ0v) is 15.9. The number of benzene rings is 2. The summed E-state index contributed by atoms with van der Waals surface area (Å²) in [5.41, 5.74) is 3.77. The molecule has 0 aliphatic carbocycles. The smallest absolute Gasteiger partial charge is 0.341 e. The molecule has 0 radical (unpaired) electrons. The van der Waals surface area contributed by atoms with Crippen LogP contribution in [0.15, 0.2) is 48.7 Å². The van der Waals surface area contributed by atoms with E-state index in [-0.39, 0.29) is 0 Å². The van der Waals surface area contributed by atoms with Gasteiger partial charge in [0.2, 0.25) is 0 Å². The van der Waals surface area contributed by atoms with E-state index in [1.807, 2.05) is 49.4 Å². The van der Waals surface area contributed by atoms with Crippen LogP contribution in [0.1, 0.15) is 36.2 Å². The van der Waals surface area contributed by atoms with Crippen molar-refractivity contribution in [2.45, 2.75) is 27.2 Å². The molecule has 0 aliphatic heterocycles. The third-order valence-electron chi connectivity index (χ3n) is 4.13. The number of aromatic nitrogens is 1. The van der Waals surface area contributed by atoms with Crippen molar-refractivity contribution in [3.8, 4) is 5.75 Å². The van der Waals surface area contributed by atoms with Crippen LogP contribution in [0.25, 0.3) is 10.9 Å². The van der Waals surface area contributed by atoms with Gasteiger partial charge < -0.3 is 14.8 Å². The highest BCUT2D eigenvalue weighted by atomic mass is 16.5. The Kier molecular flexibility index (Phi) is 5.91. The number of hydrogen-bond donors (Lipinski definition) is 1. The van der Waals surface area contributed by atoms with Gasteiger partial charge in [-0.2, -0.15) is 0 Å². The van der Waals surface area contributed by atoms with Crippen molar-refractivity contribution in [3.63, 3.8) is 0 Å². The van der Waals surface area contributed by atoms with E-state index in [0.717, 1.165) is 34.3 Å². The number of para-hydroxylation sites is 2. The number of rotatable bonds is 7. The fourth-order valence-electron chi connectivity index (χ4n) is 2.85. The molecule has 3 rings (SSSR count). The van der Waals surface area contributed by atoms with Crippen LogP contribution in [0.3, 0.4) is 0 Å². The number of anilines is 2. The predicted octanol–water partition coefficient (Wildman–Crippen LogP) is 5.25. The molecule has 0 aliphatic rings. The maximum atomic E-state index is 12.5. The molecule has 0 saturated carbocycles. The van der Waals surface area contributed by atoms with E-state index in [1.165, 1.54) is 0 Å². The molecule has 0 unspecified atom stereocenters. The minimum Gasteiger partial charge on any atom is -0.491 e. The number of esters is 1. The summed E-state index contributed by atoms with van der Waals surface area (Å²) in [7, 11) is 0. The zero-order valence-electron chi connectivity index (χ0n) is 15.9. The van der Waals surface area contributed by atoms with Crippen LogP contribution in [0.4, 0.5) is 11.4 Å². The third-order valence-corrected chi connectivity index (χ3v) is 4.13. The quantitative estimate of drug-likeness (QED) is 0.580. The Morgan fingerprint density at radius 2 is 1.96 bits per heavy atom. The molecule has 0 fully saturated rings. The number of pyridine rings is 1. The number of fused-ring (bicyclic) bond motifs is 1. The number of carbonyl (C=O) groups excluding carboxylic acids is 1. The van der Waals surface area contributed by atoms with Gasteiger partial charge in [0.15, 0.2) is 0 Å². The van der Waals surface area contributed by atoms with E-state index < -0.39 is 5.97 Å². The molecule has 3 aromatic rings. The van der Waals surface area contributed by atoms with Crippen molar-refractivity contribution in [3.05, 3.63) is 59.8 Å². The largest absolute Gasteiger partial charge is 0.491 e. The number of nitrogens with one attached hydrogen (secondary N) is 1. The van der Waals surface area contributed by atoms with Gasteiger partial charge in [-0.1, -0.05) is 30.7 Å². The van der Waals surface area contributed by atoms with Crippen LogP contribution in [-0.2, 0) is 4.74 Å². The van der Waals surface area contributed by atoms with Gasteiger partial charge >= 0.3 is 5.97 Å². The minimum absolute atomic E-state index is 0.306. The van der Waals surface area contributed by atoms with Crippen LogP contribution in [0, 0.1) is 6.92 Å². The van der Waals surface area contributed by atoms with Gasteiger partial charge in [0.25, 0.3) is 0 Å². The summed E-state index contributed by atoms with van der Waals surface area (Å²) in [6, 6.07) is 13.7. The van der Waals surface area contributed by atoms with E-state index in [1.54, 1.807) is 13.1 Å². The second-order valence-electron chi connectivity index (χ2n) is 6.26. The summed E-state index contributed by atoms with van der Waals surface area (Å²) in [5, 5.41) is 4.26. The number of aryl methyl sites for hydroxylation is 1. The van der Waals surface area contributed by atoms with Crippen molar-refractivity contribution in [2.75, 3.05) is 18.5 Å². The molecule has 0 atom stereocenters. The Labute approximate surface area is 159 Å². The van der Waals surface area contributed by atoms with Crippen LogP contribution in [0.2, 0.25) is 0 Å². The summed E-state index contributed by atoms with van der Waals surface area (Å²) in [4.78, 5) is 16.9. The molecule has 140 valence electrons. The Hall–Kier alpha value is -3.08. The highest BCUT2D eigenvalue weighted by Gasteiger charge is 2.18. The topological polar surface area (TPSA) is 60.5 Å². The summed E-state index contributed by atoms with van der Waals surface area (Å²) >= 11 is 0. The van der Waals surface area contributed by atoms with Crippen molar-refractivity contribution in [2.24, 2.45) is 0 Å². The van der Waals surface area contributed by atoms with Gasteiger partial charge in [0.1, 0.15) is 11.3 Å². The van der Waals surface area contributed by atoms with Gasteiger partial charge in [-0.25, -0.2) is 4.79 Å². The van der Waals surface area contributed by atoms with E-state index in [9.17, 15) is 4.79 Å². The molecule has 1 aromatic heterocycles. The van der Waals surface area contributed by atoms with Crippen LogP contribution in [-0.4, -0.2) is 24.2 Å². The lowest BCUT2D eigenvalue weighted by molar-refractivity contribution is 0.0527. The summed E-state index contributed by atoms with van der Waals surface area (Å²) in [5.74, 6) is 0.342. The van der Waals surface area contributed by atoms with Crippen LogP contribution >= 0.6 is 0 Å². The minimum atomic E-state index is -0.400. The summed E-state index contributed by atoms with van der Waals surface area (Å²) in [6.45, 7) is 6.80.